The molecule has 128 valence electrons. The quantitative estimate of drug-likeness (QED) is 0.894. The lowest BCUT2D eigenvalue weighted by molar-refractivity contribution is -0.0228. The molecule has 0 amide bonds. The van der Waals surface area contributed by atoms with Gasteiger partial charge in [0.05, 0.1) is 6.10 Å². The van der Waals surface area contributed by atoms with Crippen LogP contribution in [0, 0.1) is 11.8 Å². The molecule has 4 rings (SSSR count). The number of benzene rings is 2. The van der Waals surface area contributed by atoms with E-state index >= 15 is 0 Å². The first-order valence-corrected chi connectivity index (χ1v) is 8.51. The van der Waals surface area contributed by atoms with Gasteiger partial charge in [-0.15, -0.1) is 12.4 Å². The minimum Gasteiger partial charge on any atom is -0.487 e. The molecule has 4 atom stereocenters. The molecule has 4 heteroatoms. The Kier molecular flexibility index (Phi) is 5.44. The number of para-hydroxylation sites is 1. The molecule has 2 aromatic carbocycles. The van der Waals surface area contributed by atoms with E-state index < -0.39 is 0 Å². The van der Waals surface area contributed by atoms with E-state index in [-0.39, 0.29) is 24.6 Å². The van der Waals surface area contributed by atoms with Crippen LogP contribution in [0.25, 0.3) is 11.1 Å². The fourth-order valence-electron chi connectivity index (χ4n) is 3.97. The van der Waals surface area contributed by atoms with Crippen molar-refractivity contribution in [2.24, 2.45) is 11.8 Å². The van der Waals surface area contributed by atoms with Gasteiger partial charge in [0, 0.05) is 5.56 Å². The maximum absolute atomic E-state index is 10.5. The van der Waals surface area contributed by atoms with Crippen molar-refractivity contribution in [3.63, 3.8) is 0 Å². The van der Waals surface area contributed by atoms with Crippen LogP contribution in [0.2, 0.25) is 0 Å². The van der Waals surface area contributed by atoms with Gasteiger partial charge in [-0.3, -0.25) is 0 Å². The van der Waals surface area contributed by atoms with E-state index in [1.165, 1.54) is 0 Å². The Bertz CT molecular complexity index is 664. The Morgan fingerprint density at radius 2 is 1.54 bits per heavy atom. The second-order valence-electron chi connectivity index (χ2n) is 6.74. The summed E-state index contributed by atoms with van der Waals surface area (Å²) in [7, 11) is 0. The molecule has 1 aliphatic heterocycles. The average Bonchev–Trinajstić information content (AvgIpc) is 3.03. The summed E-state index contributed by atoms with van der Waals surface area (Å²) in [5, 5.41) is 13.9. The lowest BCUT2D eigenvalue weighted by Crippen LogP contribution is -2.42. The van der Waals surface area contributed by atoms with E-state index in [1.807, 2.05) is 36.4 Å². The highest BCUT2D eigenvalue weighted by Gasteiger charge is 2.40. The van der Waals surface area contributed by atoms with E-state index in [9.17, 15) is 5.11 Å². The first-order chi connectivity index (χ1) is 11.3. The largest absolute Gasteiger partial charge is 0.487 e. The van der Waals surface area contributed by atoms with Gasteiger partial charge in [0.25, 0.3) is 0 Å². The summed E-state index contributed by atoms with van der Waals surface area (Å²) < 4.78 is 6.28. The maximum Gasteiger partial charge on any atom is 0.127 e. The molecule has 1 aliphatic carbocycles. The number of nitrogens with one attached hydrogen (secondary N) is 1. The predicted molar refractivity (Wildman–Crippen MR) is 98.6 cm³/mol. The molecule has 0 radical (unpaired) electrons. The highest BCUT2D eigenvalue weighted by Crippen LogP contribution is 2.37. The molecule has 24 heavy (non-hydrogen) atoms. The molecule has 3 nitrogen and oxygen atoms in total. The summed E-state index contributed by atoms with van der Waals surface area (Å²) in [5.41, 5.74) is 2.24. The molecule has 2 aromatic rings. The van der Waals surface area contributed by atoms with Crippen LogP contribution >= 0.6 is 12.4 Å². The summed E-state index contributed by atoms with van der Waals surface area (Å²) in [6.07, 6.45) is 1.29. The van der Waals surface area contributed by atoms with Gasteiger partial charge >= 0.3 is 0 Å². The zero-order valence-electron chi connectivity index (χ0n) is 13.6. The van der Waals surface area contributed by atoms with Gasteiger partial charge in [0.2, 0.25) is 0 Å². The van der Waals surface area contributed by atoms with Crippen LogP contribution in [-0.2, 0) is 0 Å². The van der Waals surface area contributed by atoms with Gasteiger partial charge < -0.3 is 15.2 Å². The van der Waals surface area contributed by atoms with Gasteiger partial charge in [0.1, 0.15) is 11.9 Å². The van der Waals surface area contributed by atoms with Crippen molar-refractivity contribution >= 4 is 12.4 Å². The molecule has 0 aromatic heterocycles. The molecular formula is C20H24ClNO2. The Morgan fingerprint density at radius 1 is 0.875 bits per heavy atom. The van der Waals surface area contributed by atoms with Crippen LogP contribution < -0.4 is 10.1 Å². The fraction of sp³-hybridized carbons (Fsp3) is 0.400. The van der Waals surface area contributed by atoms with Crippen LogP contribution in [-0.4, -0.2) is 30.4 Å². The molecule has 1 saturated carbocycles. The molecule has 2 fully saturated rings. The van der Waals surface area contributed by atoms with Gasteiger partial charge in [-0.1, -0.05) is 48.5 Å². The molecule has 0 spiro atoms. The molecular weight excluding hydrogens is 322 g/mol. The van der Waals surface area contributed by atoms with E-state index in [2.05, 4.69) is 23.5 Å². The van der Waals surface area contributed by atoms with Crippen LogP contribution in [0.3, 0.4) is 0 Å². The van der Waals surface area contributed by atoms with Crippen molar-refractivity contribution in [1.82, 2.24) is 5.32 Å². The van der Waals surface area contributed by atoms with Crippen molar-refractivity contribution in [1.29, 1.82) is 0 Å². The topological polar surface area (TPSA) is 41.5 Å². The van der Waals surface area contributed by atoms with Crippen LogP contribution in [0.5, 0.6) is 5.75 Å². The molecule has 1 saturated heterocycles. The summed E-state index contributed by atoms with van der Waals surface area (Å²) >= 11 is 0. The Hall–Kier alpha value is -1.55. The van der Waals surface area contributed by atoms with Gasteiger partial charge in [-0.05, 0) is 49.4 Å². The third-order valence-corrected chi connectivity index (χ3v) is 5.24. The van der Waals surface area contributed by atoms with E-state index in [4.69, 9.17) is 4.74 Å². The minimum atomic E-state index is -0.375. The standard InChI is InChI=1S/C20H23NO2.ClH/c22-18-10-15-12-21-13-16(15)11-20(18)23-19-9-5-4-8-17(19)14-6-2-1-3-7-14;/h1-9,15-16,18,20-22H,10-13H2;1H/t15-,16+,18+,20+;/m0./s1. The number of ether oxygens (including phenoxy) is 1. The van der Waals surface area contributed by atoms with Crippen LogP contribution in [0.15, 0.2) is 54.6 Å². The van der Waals surface area contributed by atoms with E-state index in [0.717, 1.165) is 42.8 Å². The highest BCUT2D eigenvalue weighted by molar-refractivity contribution is 5.85. The Labute approximate surface area is 149 Å². The summed E-state index contributed by atoms with van der Waals surface area (Å²) in [4.78, 5) is 0. The van der Waals surface area contributed by atoms with Crippen molar-refractivity contribution in [3.8, 4) is 16.9 Å². The van der Waals surface area contributed by atoms with Crippen molar-refractivity contribution < 1.29 is 9.84 Å². The zero-order valence-corrected chi connectivity index (χ0v) is 14.4. The molecule has 2 aliphatic rings. The lowest BCUT2D eigenvalue weighted by Gasteiger charge is -2.35. The predicted octanol–water partition coefficient (Wildman–Crippen LogP) is 3.51. The van der Waals surface area contributed by atoms with Crippen molar-refractivity contribution in [3.05, 3.63) is 54.6 Å². The number of halogens is 1. The van der Waals surface area contributed by atoms with Crippen molar-refractivity contribution in [2.75, 3.05) is 13.1 Å². The summed E-state index contributed by atoms with van der Waals surface area (Å²) in [6, 6.07) is 18.4. The first kappa shape index (κ1) is 17.3. The average molecular weight is 346 g/mol. The van der Waals surface area contributed by atoms with Gasteiger partial charge in [-0.2, -0.15) is 0 Å². The second kappa shape index (κ2) is 7.56. The van der Waals surface area contributed by atoms with Gasteiger partial charge in [-0.25, -0.2) is 0 Å². The maximum atomic E-state index is 10.5. The smallest absolute Gasteiger partial charge is 0.127 e. The Morgan fingerprint density at radius 3 is 2.33 bits per heavy atom. The van der Waals surface area contributed by atoms with E-state index in [0.29, 0.717) is 11.8 Å². The highest BCUT2D eigenvalue weighted by atomic mass is 35.5. The summed E-state index contributed by atoms with van der Waals surface area (Å²) in [5.74, 6) is 2.11. The number of aliphatic hydroxyl groups excluding tert-OH is 1. The number of hydrogen-bond donors (Lipinski definition) is 2. The SMILES string of the molecule is Cl.O[C@@H]1C[C@H]2CNC[C@H]2C[C@H]1Oc1ccccc1-c1ccccc1. The zero-order chi connectivity index (χ0) is 15.6. The molecule has 0 bridgehead atoms. The third kappa shape index (κ3) is 3.44. The monoisotopic (exact) mass is 345 g/mol. The fourth-order valence-corrected chi connectivity index (χ4v) is 3.97. The Balaban J connectivity index is 0.00000169. The van der Waals surface area contributed by atoms with E-state index in [1.54, 1.807) is 0 Å². The van der Waals surface area contributed by atoms with Crippen LogP contribution in [0.1, 0.15) is 12.8 Å². The first-order valence-electron chi connectivity index (χ1n) is 8.51. The van der Waals surface area contributed by atoms with Gasteiger partial charge in [0.15, 0.2) is 0 Å². The number of aliphatic hydroxyl groups is 1. The number of rotatable bonds is 3. The van der Waals surface area contributed by atoms with Crippen LogP contribution in [0.4, 0.5) is 0 Å². The normalized spacial score (nSPS) is 28.7. The van der Waals surface area contributed by atoms with Crippen molar-refractivity contribution in [2.45, 2.75) is 25.0 Å². The third-order valence-electron chi connectivity index (χ3n) is 5.24. The molecule has 2 N–H and O–H groups in total. The lowest BCUT2D eigenvalue weighted by atomic mass is 9.78. The minimum absolute atomic E-state index is 0. The molecule has 0 unspecified atom stereocenters. The summed E-state index contributed by atoms with van der Waals surface area (Å²) in [6.45, 7) is 2.09. The number of fused-ring (bicyclic) bond motifs is 1. The molecule has 1 heterocycles. The number of hydrogen-bond acceptors (Lipinski definition) is 3. The second-order valence-corrected chi connectivity index (χ2v) is 6.74.